The van der Waals surface area contributed by atoms with Gasteiger partial charge in [-0.2, -0.15) is 0 Å². The summed E-state index contributed by atoms with van der Waals surface area (Å²) in [5.41, 5.74) is 0.212. The molecule has 0 heterocycles. The number of carboxylic acids is 1. The molecule has 0 radical (unpaired) electrons. The number of carbonyl (C=O) groups is 2. The Bertz CT molecular complexity index is 462. The molecule has 1 amide bonds. The lowest BCUT2D eigenvalue weighted by Gasteiger charge is -2.21. The van der Waals surface area contributed by atoms with Gasteiger partial charge in [0.2, 0.25) is 6.41 Å². The van der Waals surface area contributed by atoms with E-state index in [0.29, 0.717) is 5.75 Å². The van der Waals surface area contributed by atoms with Crippen LogP contribution in [0.2, 0.25) is 0 Å². The maximum Gasteiger partial charge on any atom is 0.329 e. The molecule has 7 heteroatoms. The molecule has 1 aromatic carbocycles. The molecule has 7 nitrogen and oxygen atoms in total. The van der Waals surface area contributed by atoms with Crippen molar-refractivity contribution in [2.24, 2.45) is 0 Å². The number of benzene rings is 1. The van der Waals surface area contributed by atoms with E-state index in [1.165, 1.54) is 20.3 Å². The van der Waals surface area contributed by atoms with Crippen molar-refractivity contribution in [3.63, 3.8) is 0 Å². The minimum atomic E-state index is -1.47. The van der Waals surface area contributed by atoms with Crippen LogP contribution in [0.5, 0.6) is 11.5 Å². The lowest BCUT2D eigenvalue weighted by molar-refractivity contribution is -0.143. The normalized spacial score (nSPS) is 13.2. The highest BCUT2D eigenvalue weighted by Gasteiger charge is 2.30. The maximum atomic E-state index is 11.0. The molecule has 0 aliphatic rings. The zero-order valence-corrected chi connectivity index (χ0v) is 10.5. The monoisotopic (exact) mass is 269 g/mol. The first-order valence-electron chi connectivity index (χ1n) is 5.38. The van der Waals surface area contributed by atoms with E-state index in [1.807, 2.05) is 5.32 Å². The third-order valence-corrected chi connectivity index (χ3v) is 2.58. The van der Waals surface area contributed by atoms with E-state index >= 15 is 0 Å². The summed E-state index contributed by atoms with van der Waals surface area (Å²) in [6.45, 7) is 0. The number of aliphatic hydroxyl groups excluding tert-OH is 1. The number of aliphatic hydroxyl groups is 1. The highest BCUT2D eigenvalue weighted by atomic mass is 16.5. The van der Waals surface area contributed by atoms with Crippen molar-refractivity contribution in [1.82, 2.24) is 5.32 Å². The van der Waals surface area contributed by atoms with E-state index in [2.05, 4.69) is 0 Å². The Kier molecular flexibility index (Phi) is 5.13. The van der Waals surface area contributed by atoms with Gasteiger partial charge in [-0.3, -0.25) is 4.79 Å². The fourth-order valence-corrected chi connectivity index (χ4v) is 1.70. The van der Waals surface area contributed by atoms with E-state index in [9.17, 15) is 14.7 Å². The molecule has 0 aromatic heterocycles. The number of carbonyl (C=O) groups excluding carboxylic acids is 1. The van der Waals surface area contributed by atoms with Gasteiger partial charge in [-0.05, 0) is 6.07 Å². The molecule has 104 valence electrons. The predicted octanol–water partition coefficient (Wildman–Crippen LogP) is -0.0636. The number of nitrogens with one attached hydrogen (secondary N) is 1. The van der Waals surface area contributed by atoms with Crippen molar-refractivity contribution in [2.75, 3.05) is 14.2 Å². The smallest absolute Gasteiger partial charge is 0.329 e. The second kappa shape index (κ2) is 6.60. The van der Waals surface area contributed by atoms with Crippen LogP contribution in [0.1, 0.15) is 11.7 Å². The Balaban J connectivity index is 3.20. The van der Waals surface area contributed by atoms with Gasteiger partial charge in [0.05, 0.1) is 14.2 Å². The number of aliphatic carboxylic acids is 1. The third-order valence-electron chi connectivity index (χ3n) is 2.58. The van der Waals surface area contributed by atoms with Crippen LogP contribution in [0.3, 0.4) is 0 Å². The molecule has 0 saturated carbocycles. The number of carboxylic acid groups (broad SMARTS) is 1. The Morgan fingerprint density at radius 1 is 1.37 bits per heavy atom. The predicted molar refractivity (Wildman–Crippen MR) is 65.1 cm³/mol. The molecule has 0 fully saturated rings. The molecule has 0 aliphatic carbocycles. The topological polar surface area (TPSA) is 105 Å². The van der Waals surface area contributed by atoms with Crippen LogP contribution < -0.4 is 14.8 Å². The van der Waals surface area contributed by atoms with Gasteiger partial charge in [0, 0.05) is 5.56 Å². The lowest BCUT2D eigenvalue weighted by Crippen LogP contribution is -2.41. The van der Waals surface area contributed by atoms with Crippen LogP contribution >= 0.6 is 0 Å². The number of methoxy groups -OCH3 is 2. The minimum Gasteiger partial charge on any atom is -0.493 e. The highest BCUT2D eigenvalue weighted by molar-refractivity contribution is 5.77. The van der Waals surface area contributed by atoms with E-state index in [1.54, 1.807) is 12.1 Å². The second-order valence-electron chi connectivity index (χ2n) is 3.63. The Morgan fingerprint density at radius 2 is 2.05 bits per heavy atom. The molecule has 0 saturated heterocycles. The zero-order chi connectivity index (χ0) is 14.4. The zero-order valence-electron chi connectivity index (χ0n) is 10.5. The molecule has 0 bridgehead atoms. The molecular formula is C12H15NO6. The average Bonchev–Trinajstić information content (AvgIpc) is 2.42. The largest absolute Gasteiger partial charge is 0.493 e. The van der Waals surface area contributed by atoms with Crippen LogP contribution in [-0.2, 0) is 9.59 Å². The van der Waals surface area contributed by atoms with Crippen molar-refractivity contribution in [3.05, 3.63) is 23.8 Å². The van der Waals surface area contributed by atoms with Gasteiger partial charge in [0.15, 0.2) is 17.5 Å². The Labute approximate surface area is 109 Å². The summed E-state index contributed by atoms with van der Waals surface area (Å²) in [6, 6.07) is 3.21. The van der Waals surface area contributed by atoms with Crippen molar-refractivity contribution in [1.29, 1.82) is 0 Å². The van der Waals surface area contributed by atoms with Crippen LogP contribution in [0.4, 0.5) is 0 Å². The number of para-hydroxylation sites is 1. The molecule has 2 unspecified atom stereocenters. The molecule has 2 atom stereocenters. The quantitative estimate of drug-likeness (QED) is 0.599. The second-order valence-corrected chi connectivity index (χ2v) is 3.63. The van der Waals surface area contributed by atoms with Gasteiger partial charge in [0.25, 0.3) is 0 Å². The fourth-order valence-electron chi connectivity index (χ4n) is 1.70. The van der Waals surface area contributed by atoms with E-state index in [-0.39, 0.29) is 17.7 Å². The Hall–Kier alpha value is -2.28. The summed E-state index contributed by atoms with van der Waals surface area (Å²) in [5, 5.41) is 21.1. The fraction of sp³-hybridized carbons (Fsp3) is 0.333. The molecule has 0 spiro atoms. The van der Waals surface area contributed by atoms with Crippen LogP contribution in [0.15, 0.2) is 18.2 Å². The van der Waals surface area contributed by atoms with Gasteiger partial charge in [-0.15, -0.1) is 0 Å². The number of hydrogen-bond donors (Lipinski definition) is 3. The molecule has 3 N–H and O–H groups in total. The van der Waals surface area contributed by atoms with Crippen molar-refractivity contribution in [2.45, 2.75) is 12.1 Å². The summed E-state index contributed by atoms with van der Waals surface area (Å²) in [7, 11) is 2.80. The highest BCUT2D eigenvalue weighted by Crippen LogP contribution is 2.35. The molecular weight excluding hydrogens is 254 g/mol. The Morgan fingerprint density at radius 3 is 2.53 bits per heavy atom. The first kappa shape index (κ1) is 14.8. The number of amides is 1. The summed E-state index contributed by atoms with van der Waals surface area (Å²) in [4.78, 5) is 21.4. The SMILES string of the molecule is COc1cccc(C(O)C(NC=O)C(=O)O)c1OC. The summed E-state index contributed by atoms with van der Waals surface area (Å²) in [5.74, 6) is -0.782. The van der Waals surface area contributed by atoms with E-state index in [0.717, 1.165) is 0 Å². The van der Waals surface area contributed by atoms with Crippen LogP contribution in [0, 0.1) is 0 Å². The number of hydrogen-bond acceptors (Lipinski definition) is 5. The molecule has 1 rings (SSSR count). The average molecular weight is 269 g/mol. The first-order valence-corrected chi connectivity index (χ1v) is 5.38. The van der Waals surface area contributed by atoms with Crippen molar-refractivity contribution in [3.8, 4) is 11.5 Å². The minimum absolute atomic E-state index is 0.212. The van der Waals surface area contributed by atoms with Crippen molar-refractivity contribution >= 4 is 12.4 Å². The van der Waals surface area contributed by atoms with Crippen LogP contribution in [0.25, 0.3) is 0 Å². The van der Waals surface area contributed by atoms with E-state index < -0.39 is 18.1 Å². The summed E-state index contributed by atoms with van der Waals surface area (Å²) >= 11 is 0. The molecule has 1 aromatic rings. The van der Waals surface area contributed by atoms with Gasteiger partial charge in [-0.25, -0.2) is 4.79 Å². The summed E-state index contributed by atoms with van der Waals surface area (Å²) < 4.78 is 10.2. The van der Waals surface area contributed by atoms with Crippen molar-refractivity contribution < 1.29 is 29.3 Å². The van der Waals surface area contributed by atoms with Gasteiger partial charge in [-0.1, -0.05) is 12.1 Å². The van der Waals surface area contributed by atoms with Gasteiger partial charge in [0.1, 0.15) is 6.10 Å². The number of ether oxygens (including phenoxy) is 2. The van der Waals surface area contributed by atoms with Gasteiger partial charge >= 0.3 is 5.97 Å². The first-order chi connectivity index (χ1) is 9.06. The maximum absolute atomic E-state index is 11.0. The molecule has 19 heavy (non-hydrogen) atoms. The number of rotatable bonds is 7. The lowest BCUT2D eigenvalue weighted by atomic mass is 10.0. The summed E-state index contributed by atoms with van der Waals surface area (Å²) in [6.07, 6.45) is -1.25. The van der Waals surface area contributed by atoms with Gasteiger partial charge < -0.3 is 25.0 Å². The molecule has 0 aliphatic heterocycles. The third kappa shape index (κ3) is 3.14. The standard InChI is InChI=1S/C12H15NO6/c1-18-8-5-3-4-7(11(8)19-2)10(15)9(12(16)17)13-6-14/h3-6,9-10,15H,1-2H3,(H,13,14)(H,16,17). The van der Waals surface area contributed by atoms with E-state index in [4.69, 9.17) is 14.6 Å². The van der Waals surface area contributed by atoms with Crippen LogP contribution in [-0.4, -0.2) is 42.9 Å².